The number of hydrogen-bond acceptors (Lipinski definition) is 6. The third kappa shape index (κ3) is 22.2. The Morgan fingerprint density at radius 1 is 0.460 bits per heavy atom. The molecule has 14 heteroatoms. The van der Waals surface area contributed by atoms with Gasteiger partial charge in [-0.2, -0.15) is 21.6 Å². The summed E-state index contributed by atoms with van der Waals surface area (Å²) in [4.78, 5) is 22.5. The second-order valence-corrected chi connectivity index (χ2v) is 39.3. The van der Waals surface area contributed by atoms with Crippen molar-refractivity contribution >= 4 is 59.7 Å². The maximum absolute atomic E-state index is 12.9. The molecule has 536 valence electrons. The number of carbonyl (C=O) groups excluding carboxylic acids is 1. The lowest BCUT2D eigenvalue weighted by molar-refractivity contribution is -0.188. The molecule has 0 saturated heterocycles. The van der Waals surface area contributed by atoms with Gasteiger partial charge in [0.15, 0.2) is 45.8 Å². The zero-order valence-electron chi connectivity index (χ0n) is 61.6. The molecule has 4 aliphatic carbocycles. The van der Waals surface area contributed by atoms with E-state index < -0.39 is 26.5 Å². The summed E-state index contributed by atoms with van der Waals surface area (Å²) in [6.07, 6.45) is 18.0. The Bertz CT molecular complexity index is 3710. The van der Waals surface area contributed by atoms with Gasteiger partial charge in [-0.05, 0) is 231 Å². The van der Waals surface area contributed by atoms with E-state index in [-0.39, 0.29) is 56.5 Å². The molecule has 4 fully saturated rings. The zero-order chi connectivity index (χ0) is 72.4. The molecule has 4 saturated carbocycles. The van der Waals surface area contributed by atoms with Gasteiger partial charge in [0.25, 0.3) is 0 Å². The van der Waals surface area contributed by atoms with Gasteiger partial charge in [-0.15, -0.1) is 0 Å². The SMILES string of the molecule is CCCC[S+](CCCC)CCCC.C[S+](c1ccc(C(C)(C)C)cc1)c1ccc(C(C)(C)C)cc1.Cc1cc([S+](c2ccccc2)c2ccccc2)cc(C)c1OCC(=O)OC12CC3CC(CC(C3)C1)C2.Cc1cc([S+](c2ccccc2)c2ccccc2)cc(C)c1OS(=O)(=O)C(F)(F)F. The van der Waals surface area contributed by atoms with Crippen LogP contribution in [0.3, 0.4) is 0 Å². The van der Waals surface area contributed by atoms with E-state index in [2.05, 4.69) is 208 Å². The number of rotatable bonds is 23. The number of esters is 1. The van der Waals surface area contributed by atoms with Crippen molar-refractivity contribution in [2.45, 2.75) is 228 Å². The summed E-state index contributed by atoms with van der Waals surface area (Å²) in [7, 11) is -5.54. The molecule has 6 nitrogen and oxygen atoms in total. The number of ether oxygens (including phenoxy) is 2. The highest BCUT2D eigenvalue weighted by Gasteiger charge is 2.53. The van der Waals surface area contributed by atoms with E-state index in [0.717, 1.165) is 79.5 Å². The number of benzene rings is 8. The van der Waals surface area contributed by atoms with Crippen molar-refractivity contribution in [3.8, 4) is 11.5 Å². The summed E-state index contributed by atoms with van der Waals surface area (Å²) >= 11 is 0. The van der Waals surface area contributed by atoms with Gasteiger partial charge in [0.2, 0.25) is 0 Å². The predicted molar refractivity (Wildman–Crippen MR) is 417 cm³/mol. The minimum Gasteiger partial charge on any atom is -0.481 e. The van der Waals surface area contributed by atoms with E-state index in [0.29, 0.717) is 11.1 Å². The van der Waals surface area contributed by atoms with Gasteiger partial charge in [0.1, 0.15) is 40.6 Å². The molecule has 0 radical (unpaired) electrons. The monoisotopic (exact) mass is 1450 g/mol. The van der Waals surface area contributed by atoms with E-state index in [1.54, 1.807) is 12.1 Å². The van der Waals surface area contributed by atoms with Crippen LogP contribution >= 0.6 is 0 Å². The van der Waals surface area contributed by atoms with Crippen molar-refractivity contribution < 1.29 is 40.0 Å². The first-order valence-corrected chi connectivity index (χ1v) is 43.0. The first-order chi connectivity index (χ1) is 47.5. The number of halogens is 3. The highest BCUT2D eigenvalue weighted by molar-refractivity contribution is 7.97. The lowest BCUT2D eigenvalue weighted by Gasteiger charge is -2.55. The highest BCUT2D eigenvalue weighted by Crippen LogP contribution is 2.57. The summed E-state index contributed by atoms with van der Waals surface area (Å²) < 4.78 is 77.8. The van der Waals surface area contributed by atoms with E-state index in [9.17, 15) is 26.4 Å². The lowest BCUT2D eigenvalue weighted by Crippen LogP contribution is -2.53. The van der Waals surface area contributed by atoms with E-state index in [1.165, 1.54) is 124 Å². The van der Waals surface area contributed by atoms with Crippen LogP contribution in [0.15, 0.2) is 233 Å². The average Bonchev–Trinajstić information content (AvgIpc) is 0.753. The van der Waals surface area contributed by atoms with Crippen molar-refractivity contribution in [2.75, 3.05) is 30.1 Å². The highest BCUT2D eigenvalue weighted by atomic mass is 32.2. The second kappa shape index (κ2) is 36.4. The second-order valence-electron chi connectivity index (χ2n) is 29.3. The fraction of sp³-hybridized carbons (Fsp3) is 0.430. The smallest absolute Gasteiger partial charge is 0.481 e. The maximum Gasteiger partial charge on any atom is 0.534 e. The third-order valence-corrected chi connectivity index (χ3v) is 28.8. The van der Waals surface area contributed by atoms with Crippen molar-refractivity contribution in [1.29, 1.82) is 0 Å². The molecule has 100 heavy (non-hydrogen) atoms. The molecule has 4 aliphatic rings. The van der Waals surface area contributed by atoms with Gasteiger partial charge < -0.3 is 13.7 Å². The molecule has 8 aromatic rings. The number of hydrogen-bond donors (Lipinski definition) is 0. The molecular formula is C86H109F3O6S5+4. The first-order valence-electron chi connectivity index (χ1n) is 35.8. The van der Waals surface area contributed by atoms with Crippen LogP contribution in [0.25, 0.3) is 0 Å². The van der Waals surface area contributed by atoms with E-state index in [4.69, 9.17) is 9.47 Å². The summed E-state index contributed by atoms with van der Waals surface area (Å²) in [6.45, 7) is 27.7. The Morgan fingerprint density at radius 2 is 0.770 bits per heavy atom. The van der Waals surface area contributed by atoms with Crippen LogP contribution in [0.4, 0.5) is 13.2 Å². The molecule has 0 N–H and O–H groups in total. The number of carbonyl (C=O) groups is 1. The number of unbranched alkanes of at least 4 members (excludes halogenated alkanes) is 3. The number of aryl methyl sites for hydroxylation is 4. The molecule has 12 rings (SSSR count). The quantitative estimate of drug-likeness (QED) is 0.0275. The first kappa shape index (κ1) is 79.7. The summed E-state index contributed by atoms with van der Waals surface area (Å²) in [5, 5.41) is 0. The fourth-order valence-corrected chi connectivity index (χ4v) is 23.1. The molecule has 4 bridgehead atoms. The van der Waals surface area contributed by atoms with Crippen LogP contribution < -0.4 is 8.92 Å². The predicted octanol–water partition coefficient (Wildman–Crippen LogP) is 22.9. The molecule has 0 unspecified atom stereocenters. The summed E-state index contributed by atoms with van der Waals surface area (Å²) in [5.41, 5.74) is 0.278. The Hall–Kier alpha value is -6.03. The van der Waals surface area contributed by atoms with Gasteiger partial charge in [0, 0.05) is 24.3 Å². The Labute approximate surface area is 610 Å². The van der Waals surface area contributed by atoms with Crippen molar-refractivity contribution in [3.05, 3.63) is 228 Å². The minimum absolute atomic E-state index is 0.0220. The van der Waals surface area contributed by atoms with Crippen molar-refractivity contribution in [2.24, 2.45) is 17.8 Å². The van der Waals surface area contributed by atoms with Gasteiger partial charge in [0.05, 0.1) is 32.7 Å². The largest absolute Gasteiger partial charge is 0.534 e. The lowest BCUT2D eigenvalue weighted by atomic mass is 9.54. The third-order valence-electron chi connectivity index (χ3n) is 18.9. The molecule has 0 amide bonds. The van der Waals surface area contributed by atoms with Gasteiger partial charge >= 0.3 is 21.6 Å². The van der Waals surface area contributed by atoms with Crippen LogP contribution in [-0.4, -0.2) is 55.6 Å². The van der Waals surface area contributed by atoms with Crippen molar-refractivity contribution in [1.82, 2.24) is 0 Å². The normalized spacial score (nSPS) is 17.2. The average molecular weight is 1460 g/mol. The Balaban J connectivity index is 0.000000180. The molecule has 8 aromatic carbocycles. The van der Waals surface area contributed by atoms with Crippen LogP contribution in [0.2, 0.25) is 0 Å². The van der Waals surface area contributed by atoms with E-state index >= 15 is 0 Å². The van der Waals surface area contributed by atoms with Crippen LogP contribution in [-0.2, 0) is 74.1 Å². The minimum atomic E-state index is -5.73. The van der Waals surface area contributed by atoms with E-state index in [1.807, 2.05) is 60.7 Å². The molecule has 0 atom stereocenters. The van der Waals surface area contributed by atoms with Crippen LogP contribution in [0.1, 0.15) is 173 Å². The summed E-state index contributed by atoms with van der Waals surface area (Å²) in [6, 6.07) is 66.9. The molecule has 0 aliphatic heterocycles. The standard InChI is InChI=1S/C32H35O3S.C21H18F3O3S2.C21H29S.C12H27S/c1-22-13-29(36(27-9-5-3-6-10-27)28-11-7-4-8-12-28)14-23(2)31(22)34-21-30(33)35-32-18-24-15-25(19-32)17-26(16-24)20-32;1-15-13-19(14-16(2)20(15)27-29(25,26)21(22,23)24)28(17-9-5-3-6-10-17)18-11-7-4-8-12-18;1-20(2,3)16-8-12-18(13-9-16)22(7)19-14-10-17(11-15-19)21(4,5)6;1-4-7-10-13(11-8-5-2)12-9-6-3/h3-14,24-26H,15-21H2,1-2H3;3-14H,1-2H3;8-15H,1-7H3;4-12H2,1-3H3/q4*+1. The fourth-order valence-electron chi connectivity index (χ4n) is 14.0. The molecule has 0 heterocycles. The van der Waals surface area contributed by atoms with Crippen LogP contribution in [0.5, 0.6) is 11.5 Å². The van der Waals surface area contributed by atoms with Gasteiger partial charge in [-0.25, -0.2) is 4.79 Å². The maximum atomic E-state index is 12.9. The number of alkyl halides is 3. The Kier molecular flexibility index (Phi) is 29.0. The van der Waals surface area contributed by atoms with Gasteiger partial charge in [-0.3, -0.25) is 0 Å². The summed E-state index contributed by atoms with van der Waals surface area (Å²) in [5.74, 6) is 7.08. The topological polar surface area (TPSA) is 78.9 Å². The van der Waals surface area contributed by atoms with Crippen LogP contribution in [0, 0.1) is 45.4 Å². The van der Waals surface area contributed by atoms with Gasteiger partial charge in [-0.1, -0.05) is 179 Å². The Morgan fingerprint density at radius 3 is 1.06 bits per heavy atom. The zero-order valence-corrected chi connectivity index (χ0v) is 65.7. The van der Waals surface area contributed by atoms with Crippen molar-refractivity contribution in [3.63, 3.8) is 0 Å². The molecular weight excluding hydrogens is 1350 g/mol. The molecule has 0 spiro atoms. The molecule has 0 aromatic heterocycles.